The topological polar surface area (TPSA) is 126 Å². The summed E-state index contributed by atoms with van der Waals surface area (Å²) in [5.74, 6) is 0.832. The van der Waals surface area contributed by atoms with Gasteiger partial charge in [0.2, 0.25) is 0 Å². The van der Waals surface area contributed by atoms with Gasteiger partial charge in [0, 0.05) is 22.7 Å². The Bertz CT molecular complexity index is 1320. The number of nitrogens with zero attached hydrogens (tertiary/aromatic N) is 2. The van der Waals surface area contributed by atoms with E-state index in [1.54, 1.807) is 42.7 Å². The Hall–Kier alpha value is -3.63. The third kappa shape index (κ3) is 4.30. The van der Waals surface area contributed by atoms with Crippen LogP contribution in [-0.4, -0.2) is 49.0 Å². The van der Waals surface area contributed by atoms with Gasteiger partial charge >= 0.3 is 0 Å². The zero-order valence-corrected chi connectivity index (χ0v) is 17.4. The molecule has 0 amide bonds. The second kappa shape index (κ2) is 8.62. The zero-order chi connectivity index (χ0) is 21.8. The van der Waals surface area contributed by atoms with Crippen LogP contribution in [0.5, 0.6) is 11.5 Å². The second-order valence-corrected chi connectivity index (χ2v) is 8.25. The molecule has 160 valence electrons. The molecule has 9 nitrogen and oxygen atoms in total. The van der Waals surface area contributed by atoms with Gasteiger partial charge in [-0.05, 0) is 36.4 Å². The summed E-state index contributed by atoms with van der Waals surface area (Å²) in [6.45, 7) is -0.132. The number of fused-ring (bicyclic) bond motifs is 1. The van der Waals surface area contributed by atoms with E-state index in [9.17, 15) is 8.42 Å². The van der Waals surface area contributed by atoms with Crippen LogP contribution in [0.15, 0.2) is 65.8 Å². The van der Waals surface area contributed by atoms with Gasteiger partial charge in [0.05, 0.1) is 30.5 Å². The van der Waals surface area contributed by atoms with E-state index in [0.717, 1.165) is 5.39 Å². The Labute approximate surface area is 178 Å². The van der Waals surface area contributed by atoms with Crippen LogP contribution in [0.25, 0.3) is 22.2 Å². The molecule has 4 aromatic rings. The number of ether oxygens (including phenoxy) is 2. The summed E-state index contributed by atoms with van der Waals surface area (Å²) in [5, 5.41) is 16.5. The van der Waals surface area contributed by atoms with E-state index in [0.29, 0.717) is 28.3 Å². The first kappa shape index (κ1) is 20.6. The van der Waals surface area contributed by atoms with Crippen molar-refractivity contribution < 1.29 is 23.0 Å². The molecular formula is C21H20N4O5S. The predicted octanol–water partition coefficient (Wildman–Crippen LogP) is 2.81. The van der Waals surface area contributed by atoms with Crippen molar-refractivity contribution in [1.82, 2.24) is 15.2 Å². The molecule has 0 aliphatic rings. The lowest BCUT2D eigenvalue weighted by Crippen LogP contribution is -2.14. The molecule has 2 heterocycles. The van der Waals surface area contributed by atoms with E-state index in [2.05, 4.69) is 19.9 Å². The molecule has 0 radical (unpaired) electrons. The van der Waals surface area contributed by atoms with Crippen molar-refractivity contribution in [2.45, 2.75) is 4.90 Å². The lowest BCUT2D eigenvalue weighted by molar-refractivity contribution is 0.202. The Morgan fingerprint density at radius 2 is 1.94 bits per heavy atom. The molecule has 31 heavy (non-hydrogen) atoms. The lowest BCUT2D eigenvalue weighted by Gasteiger charge is -2.15. The predicted molar refractivity (Wildman–Crippen MR) is 116 cm³/mol. The highest BCUT2D eigenvalue weighted by atomic mass is 32.2. The van der Waals surface area contributed by atoms with E-state index >= 15 is 0 Å². The van der Waals surface area contributed by atoms with Crippen LogP contribution in [0, 0.1) is 0 Å². The normalized spacial score (nSPS) is 11.4. The number of anilines is 1. The van der Waals surface area contributed by atoms with Crippen molar-refractivity contribution >= 4 is 26.7 Å². The summed E-state index contributed by atoms with van der Waals surface area (Å²) in [7, 11) is -2.42. The average Bonchev–Trinajstić information content (AvgIpc) is 3.25. The number of para-hydroxylation sites is 2. The Kier molecular flexibility index (Phi) is 5.74. The standard InChI is InChI=1S/C21H20N4O5S/c1-29-19-7-6-16(11-17(19)14-10-15-13-23-24-21(15)22-12-14)31(27,28)25-18-4-2-3-5-20(18)30-9-8-26/h2-7,10-13,25-26H,8-9H2,1H3,(H,22,23,24). The molecule has 0 unspecified atom stereocenters. The minimum atomic E-state index is -3.93. The maximum absolute atomic E-state index is 13.1. The minimum Gasteiger partial charge on any atom is -0.496 e. The van der Waals surface area contributed by atoms with Crippen LogP contribution in [-0.2, 0) is 10.0 Å². The van der Waals surface area contributed by atoms with Crippen LogP contribution in [0.3, 0.4) is 0 Å². The van der Waals surface area contributed by atoms with E-state index in [1.807, 2.05) is 6.07 Å². The number of sulfonamides is 1. The van der Waals surface area contributed by atoms with Gasteiger partial charge in [-0.2, -0.15) is 5.10 Å². The van der Waals surface area contributed by atoms with Gasteiger partial charge in [-0.1, -0.05) is 12.1 Å². The summed E-state index contributed by atoms with van der Waals surface area (Å²) >= 11 is 0. The number of aliphatic hydroxyl groups excluding tert-OH is 1. The lowest BCUT2D eigenvalue weighted by atomic mass is 10.1. The minimum absolute atomic E-state index is 0.0487. The van der Waals surface area contributed by atoms with Crippen molar-refractivity contribution in [3.63, 3.8) is 0 Å². The molecule has 0 bridgehead atoms. The molecule has 0 aliphatic carbocycles. The first-order valence-corrected chi connectivity index (χ1v) is 10.8. The quantitative estimate of drug-likeness (QED) is 0.384. The van der Waals surface area contributed by atoms with E-state index < -0.39 is 10.0 Å². The Morgan fingerprint density at radius 1 is 1.10 bits per heavy atom. The van der Waals surface area contributed by atoms with Gasteiger partial charge in [-0.3, -0.25) is 9.82 Å². The molecule has 2 aromatic carbocycles. The molecule has 0 saturated carbocycles. The van der Waals surface area contributed by atoms with Crippen molar-refractivity contribution in [2.75, 3.05) is 25.0 Å². The molecule has 4 rings (SSSR count). The van der Waals surface area contributed by atoms with Gasteiger partial charge in [0.15, 0.2) is 5.65 Å². The summed E-state index contributed by atoms with van der Waals surface area (Å²) < 4.78 is 39.6. The number of pyridine rings is 1. The Balaban J connectivity index is 1.72. The fraction of sp³-hybridized carbons (Fsp3) is 0.143. The average molecular weight is 440 g/mol. The summed E-state index contributed by atoms with van der Waals surface area (Å²) in [4.78, 5) is 4.37. The highest BCUT2D eigenvalue weighted by Crippen LogP contribution is 2.34. The van der Waals surface area contributed by atoms with Crippen molar-refractivity contribution in [1.29, 1.82) is 0 Å². The maximum Gasteiger partial charge on any atom is 0.262 e. The number of hydrogen-bond donors (Lipinski definition) is 3. The number of methoxy groups -OCH3 is 1. The number of aliphatic hydroxyl groups is 1. The van der Waals surface area contributed by atoms with Crippen LogP contribution >= 0.6 is 0 Å². The second-order valence-electron chi connectivity index (χ2n) is 6.57. The molecule has 0 saturated heterocycles. The SMILES string of the molecule is COc1ccc(S(=O)(=O)Nc2ccccc2OCCO)cc1-c1cnc2[nH]ncc2c1. The van der Waals surface area contributed by atoms with E-state index in [-0.39, 0.29) is 23.8 Å². The molecule has 10 heteroatoms. The number of rotatable bonds is 8. The van der Waals surface area contributed by atoms with Crippen molar-refractivity contribution in [2.24, 2.45) is 0 Å². The zero-order valence-electron chi connectivity index (χ0n) is 16.6. The molecule has 2 aromatic heterocycles. The van der Waals surface area contributed by atoms with Gasteiger partial charge in [0.25, 0.3) is 10.0 Å². The Morgan fingerprint density at radius 3 is 2.74 bits per heavy atom. The number of nitrogens with one attached hydrogen (secondary N) is 2. The summed E-state index contributed by atoms with van der Waals surface area (Å²) in [6.07, 6.45) is 3.27. The fourth-order valence-corrected chi connectivity index (χ4v) is 4.20. The molecule has 0 spiro atoms. The van der Waals surface area contributed by atoms with Crippen molar-refractivity contribution in [3.05, 3.63) is 60.9 Å². The third-order valence-electron chi connectivity index (χ3n) is 4.56. The van der Waals surface area contributed by atoms with Gasteiger partial charge in [0.1, 0.15) is 18.1 Å². The summed E-state index contributed by atoms with van der Waals surface area (Å²) in [5.41, 5.74) is 2.17. The van der Waals surface area contributed by atoms with Crippen molar-refractivity contribution in [3.8, 4) is 22.6 Å². The largest absolute Gasteiger partial charge is 0.496 e. The van der Waals surface area contributed by atoms with E-state index in [1.165, 1.54) is 19.2 Å². The summed E-state index contributed by atoms with van der Waals surface area (Å²) in [6, 6.07) is 13.1. The van der Waals surface area contributed by atoms with Crippen LogP contribution in [0.4, 0.5) is 5.69 Å². The molecule has 3 N–H and O–H groups in total. The van der Waals surface area contributed by atoms with Gasteiger partial charge < -0.3 is 14.6 Å². The third-order valence-corrected chi connectivity index (χ3v) is 5.93. The molecule has 0 aliphatic heterocycles. The monoisotopic (exact) mass is 440 g/mol. The fourth-order valence-electron chi connectivity index (χ4n) is 3.10. The van der Waals surface area contributed by atoms with E-state index in [4.69, 9.17) is 14.6 Å². The highest BCUT2D eigenvalue weighted by molar-refractivity contribution is 7.92. The van der Waals surface area contributed by atoms with Crippen LogP contribution in [0.2, 0.25) is 0 Å². The van der Waals surface area contributed by atoms with Crippen LogP contribution in [0.1, 0.15) is 0 Å². The smallest absolute Gasteiger partial charge is 0.262 e. The first-order chi connectivity index (χ1) is 15.0. The number of aromatic amines is 1. The number of hydrogen-bond acceptors (Lipinski definition) is 7. The van der Waals surface area contributed by atoms with Crippen LogP contribution < -0.4 is 14.2 Å². The highest BCUT2D eigenvalue weighted by Gasteiger charge is 2.19. The number of benzene rings is 2. The van der Waals surface area contributed by atoms with Gasteiger partial charge in [-0.15, -0.1) is 0 Å². The number of H-pyrrole nitrogens is 1. The first-order valence-electron chi connectivity index (χ1n) is 9.35. The molecular weight excluding hydrogens is 420 g/mol. The molecule has 0 atom stereocenters. The molecule has 0 fully saturated rings. The maximum atomic E-state index is 13.1. The number of aromatic nitrogens is 3. The van der Waals surface area contributed by atoms with Gasteiger partial charge in [-0.25, -0.2) is 13.4 Å².